The molecule has 0 radical (unpaired) electrons. The monoisotopic (exact) mass is 420 g/mol. The summed E-state index contributed by atoms with van der Waals surface area (Å²) < 4.78 is 3.89. The third kappa shape index (κ3) is 2.72. The van der Waals surface area contributed by atoms with Crippen LogP contribution in [-0.2, 0) is 11.3 Å². The van der Waals surface area contributed by atoms with Crippen LogP contribution in [0.25, 0.3) is 0 Å². The zero-order chi connectivity index (χ0) is 20.3. The number of amides is 3. The van der Waals surface area contributed by atoms with Gasteiger partial charge in [0.1, 0.15) is 11.9 Å². The average molecular weight is 421 g/mol. The van der Waals surface area contributed by atoms with Crippen LogP contribution in [0.15, 0.2) is 29.4 Å². The molecule has 7 nitrogen and oxygen atoms in total. The van der Waals surface area contributed by atoms with Crippen LogP contribution < -0.4 is 4.57 Å². The number of halogens is 2. The minimum atomic E-state index is -0.664. The molecule has 2 aliphatic heterocycles. The van der Waals surface area contributed by atoms with Crippen LogP contribution in [-0.4, -0.2) is 39.2 Å². The Morgan fingerprint density at radius 3 is 2.61 bits per heavy atom. The molecule has 4 rings (SSSR count). The zero-order valence-electron chi connectivity index (χ0n) is 16.0. The second-order valence-corrected chi connectivity index (χ2v) is 8.16. The SMILES string of the molecule is Cc1c[n+]2c(n1C(C)C)N=C1C2C(=O)N(Cc2ccc(Cl)cc2Cl)C(=O)N1C. The molecule has 1 aromatic heterocycles. The van der Waals surface area contributed by atoms with Crippen LogP contribution in [0.4, 0.5) is 10.7 Å². The summed E-state index contributed by atoms with van der Waals surface area (Å²) in [4.78, 5) is 33.5. The molecule has 1 atom stereocenters. The average Bonchev–Trinajstić information content (AvgIpc) is 3.12. The molecule has 1 aromatic carbocycles. The smallest absolute Gasteiger partial charge is 0.270 e. The van der Waals surface area contributed by atoms with E-state index in [-0.39, 0.29) is 18.5 Å². The van der Waals surface area contributed by atoms with Gasteiger partial charge in [-0.05, 0) is 38.5 Å². The number of likely N-dealkylation sites (N-methyl/N-ethyl adjacent to an activating group) is 1. The molecule has 3 heterocycles. The first-order valence-electron chi connectivity index (χ1n) is 8.95. The third-order valence-electron chi connectivity index (χ3n) is 5.11. The number of fused-ring (bicyclic) bond motifs is 3. The van der Waals surface area contributed by atoms with Gasteiger partial charge in [0.15, 0.2) is 0 Å². The van der Waals surface area contributed by atoms with Crippen LogP contribution >= 0.6 is 23.2 Å². The quantitative estimate of drug-likeness (QED) is 0.711. The van der Waals surface area contributed by atoms with E-state index in [1.54, 1.807) is 25.2 Å². The van der Waals surface area contributed by atoms with Gasteiger partial charge in [0.25, 0.3) is 5.91 Å². The Morgan fingerprint density at radius 1 is 1.25 bits per heavy atom. The minimum Gasteiger partial charge on any atom is -0.270 e. The fourth-order valence-corrected chi connectivity index (χ4v) is 4.27. The molecule has 1 fully saturated rings. The molecular formula is C19H20Cl2N5O2+. The van der Waals surface area contributed by atoms with Crippen molar-refractivity contribution in [1.29, 1.82) is 0 Å². The summed E-state index contributed by atoms with van der Waals surface area (Å²) in [5.41, 5.74) is 1.66. The topological polar surface area (TPSA) is 61.8 Å². The van der Waals surface area contributed by atoms with Gasteiger partial charge in [0.2, 0.25) is 11.9 Å². The molecule has 0 aliphatic carbocycles. The number of imide groups is 1. The number of nitrogens with zero attached hydrogens (tertiary/aromatic N) is 5. The first-order valence-corrected chi connectivity index (χ1v) is 9.70. The number of aliphatic imine (C=N–C) groups is 1. The number of urea groups is 1. The van der Waals surface area contributed by atoms with E-state index in [9.17, 15) is 9.59 Å². The van der Waals surface area contributed by atoms with Crippen LogP contribution in [0.3, 0.4) is 0 Å². The van der Waals surface area contributed by atoms with Gasteiger partial charge in [-0.1, -0.05) is 34.3 Å². The lowest BCUT2D eigenvalue weighted by Gasteiger charge is -2.33. The van der Waals surface area contributed by atoms with E-state index in [4.69, 9.17) is 23.2 Å². The highest BCUT2D eigenvalue weighted by molar-refractivity contribution is 6.35. The number of benzene rings is 1. The fourth-order valence-electron chi connectivity index (χ4n) is 3.81. The molecule has 0 saturated carbocycles. The van der Waals surface area contributed by atoms with Crippen LogP contribution in [0, 0.1) is 6.92 Å². The maximum absolute atomic E-state index is 13.3. The Hall–Kier alpha value is -2.38. The van der Waals surface area contributed by atoms with Gasteiger partial charge in [-0.2, -0.15) is 0 Å². The summed E-state index contributed by atoms with van der Waals surface area (Å²) in [5.74, 6) is 0.794. The van der Waals surface area contributed by atoms with E-state index >= 15 is 0 Å². The molecule has 0 bridgehead atoms. The van der Waals surface area contributed by atoms with Crippen molar-refractivity contribution >= 4 is 46.9 Å². The van der Waals surface area contributed by atoms with Crippen molar-refractivity contribution in [3.8, 4) is 0 Å². The molecule has 28 heavy (non-hydrogen) atoms. The Morgan fingerprint density at radius 2 is 1.96 bits per heavy atom. The van der Waals surface area contributed by atoms with E-state index in [1.165, 1.54) is 9.80 Å². The van der Waals surface area contributed by atoms with Gasteiger partial charge in [0, 0.05) is 17.1 Å². The maximum Gasteiger partial charge on any atom is 0.402 e. The number of amidine groups is 1. The minimum absolute atomic E-state index is 0.0710. The predicted octanol–water partition coefficient (Wildman–Crippen LogP) is 3.65. The molecular weight excluding hydrogens is 401 g/mol. The highest BCUT2D eigenvalue weighted by Gasteiger charge is 2.53. The molecule has 1 unspecified atom stereocenters. The van der Waals surface area contributed by atoms with Crippen molar-refractivity contribution < 1.29 is 14.2 Å². The number of aromatic nitrogens is 2. The highest BCUT2D eigenvalue weighted by Crippen LogP contribution is 2.32. The highest BCUT2D eigenvalue weighted by atomic mass is 35.5. The van der Waals surface area contributed by atoms with Gasteiger partial charge < -0.3 is 0 Å². The summed E-state index contributed by atoms with van der Waals surface area (Å²) in [5, 5.41) is 0.912. The molecule has 2 aromatic rings. The second-order valence-electron chi connectivity index (χ2n) is 7.32. The normalized spacial score (nSPS) is 18.7. The van der Waals surface area contributed by atoms with Gasteiger partial charge in [-0.3, -0.25) is 14.6 Å². The molecule has 146 valence electrons. The number of carbonyl (C=O) groups excluding carboxylic acids is 2. The summed E-state index contributed by atoms with van der Waals surface area (Å²) in [6, 6.07) is 4.10. The zero-order valence-corrected chi connectivity index (χ0v) is 17.5. The Labute approximate surface area is 172 Å². The summed E-state index contributed by atoms with van der Waals surface area (Å²) in [6.07, 6.45) is 1.91. The second kappa shape index (κ2) is 6.60. The molecule has 3 amide bonds. The Bertz CT molecular complexity index is 1040. The van der Waals surface area contributed by atoms with Crippen molar-refractivity contribution in [3.63, 3.8) is 0 Å². The maximum atomic E-state index is 13.3. The number of rotatable bonds is 3. The molecule has 1 saturated heterocycles. The summed E-state index contributed by atoms with van der Waals surface area (Å²) in [7, 11) is 1.64. The van der Waals surface area contributed by atoms with Crippen molar-refractivity contribution in [1.82, 2.24) is 14.4 Å². The predicted molar refractivity (Wildman–Crippen MR) is 106 cm³/mol. The Kier molecular flexibility index (Phi) is 4.47. The van der Waals surface area contributed by atoms with Crippen molar-refractivity contribution in [2.45, 2.75) is 39.4 Å². The van der Waals surface area contributed by atoms with Gasteiger partial charge in [-0.15, -0.1) is 0 Å². The van der Waals surface area contributed by atoms with Gasteiger partial charge in [0.05, 0.1) is 12.6 Å². The van der Waals surface area contributed by atoms with E-state index in [1.807, 2.05) is 17.7 Å². The van der Waals surface area contributed by atoms with Gasteiger partial charge in [-0.25, -0.2) is 13.9 Å². The lowest BCUT2D eigenvalue weighted by Crippen LogP contribution is -2.62. The first-order chi connectivity index (χ1) is 13.2. The third-order valence-corrected chi connectivity index (χ3v) is 5.70. The van der Waals surface area contributed by atoms with Crippen LogP contribution in [0.5, 0.6) is 0 Å². The number of carbonyl (C=O) groups is 2. The van der Waals surface area contributed by atoms with E-state index in [0.29, 0.717) is 27.4 Å². The molecule has 0 spiro atoms. The van der Waals surface area contributed by atoms with E-state index in [0.717, 1.165) is 5.69 Å². The van der Waals surface area contributed by atoms with Crippen molar-refractivity contribution in [2.24, 2.45) is 4.99 Å². The largest absolute Gasteiger partial charge is 0.402 e. The van der Waals surface area contributed by atoms with Gasteiger partial charge >= 0.3 is 12.0 Å². The fraction of sp³-hybridized carbons (Fsp3) is 0.368. The number of hydrogen-bond donors (Lipinski definition) is 0. The molecule has 0 N–H and O–H groups in total. The van der Waals surface area contributed by atoms with Crippen molar-refractivity contribution in [2.75, 3.05) is 7.05 Å². The number of aryl methyl sites for hydroxylation is 1. The summed E-state index contributed by atoms with van der Waals surface area (Å²) >= 11 is 12.2. The lowest BCUT2D eigenvalue weighted by atomic mass is 10.1. The first kappa shape index (κ1) is 19.0. The standard InChI is InChI=1S/C19H20Cl2N5O2/c1-10(2)26-11(3)8-24-15-16(22-18(24)26)23(4)19(28)25(17(15)27)9-12-5-6-13(20)7-14(12)21/h5-8,10,15H,9H2,1-4H3/q+1. The van der Waals surface area contributed by atoms with Crippen molar-refractivity contribution in [3.05, 3.63) is 45.7 Å². The lowest BCUT2D eigenvalue weighted by molar-refractivity contribution is -0.677. The molecule has 9 heteroatoms. The van der Waals surface area contributed by atoms with Crippen LogP contribution in [0.1, 0.15) is 37.2 Å². The number of hydrogen-bond acceptors (Lipinski definition) is 3. The Balaban J connectivity index is 1.75. The van der Waals surface area contributed by atoms with Crippen LogP contribution in [0.2, 0.25) is 10.0 Å². The number of imidazole rings is 1. The van der Waals surface area contributed by atoms with E-state index < -0.39 is 12.1 Å². The summed E-state index contributed by atoms with van der Waals surface area (Å²) in [6.45, 7) is 6.17. The van der Waals surface area contributed by atoms with E-state index in [2.05, 4.69) is 23.4 Å². The molecule has 2 aliphatic rings.